The Morgan fingerprint density at radius 1 is 0.643 bits per heavy atom. The maximum atomic E-state index is 13.6. The van der Waals surface area contributed by atoms with E-state index in [0.29, 0.717) is 5.69 Å². The van der Waals surface area contributed by atoms with Crippen LogP contribution in [0.2, 0.25) is 0 Å². The third-order valence-electron chi connectivity index (χ3n) is 6.71. The van der Waals surface area contributed by atoms with E-state index in [0.717, 1.165) is 0 Å². The number of hydrogen-bond donors (Lipinski definition) is 0. The number of carbonyl (C=O) groups excluding carboxylic acids is 2. The fourth-order valence-electron chi connectivity index (χ4n) is 5.68. The van der Waals surface area contributed by atoms with Gasteiger partial charge in [-0.05, 0) is 41.3 Å². The second-order valence-corrected chi connectivity index (χ2v) is 8.12. The van der Waals surface area contributed by atoms with Crippen molar-refractivity contribution in [2.75, 3.05) is 4.90 Å². The van der Waals surface area contributed by atoms with Crippen LogP contribution in [0.4, 0.5) is 5.69 Å². The van der Waals surface area contributed by atoms with Crippen molar-refractivity contribution in [2.45, 2.75) is 18.8 Å². The molecule has 1 saturated heterocycles. The largest absolute Gasteiger partial charge is 0.274 e. The molecule has 4 unspecified atom stereocenters. The number of rotatable bonds is 1. The Kier molecular flexibility index (Phi) is 3.06. The van der Waals surface area contributed by atoms with Gasteiger partial charge in [-0.25, -0.2) is 4.90 Å². The number of aryl methyl sites for hydroxylation is 1. The average Bonchev–Trinajstić information content (AvgIpc) is 2.99. The Bertz CT molecular complexity index is 1150. The number of para-hydroxylation sites is 1. The minimum atomic E-state index is -0.318. The molecule has 3 aliphatic carbocycles. The summed E-state index contributed by atoms with van der Waals surface area (Å²) in [5.41, 5.74) is 6.73. The SMILES string of the molecule is Cc1ccc2c(c1)C1c3ccccc3C2C2C(=O)N(c3ccccc3)C(=O)C12. The highest BCUT2D eigenvalue weighted by atomic mass is 16.2. The van der Waals surface area contributed by atoms with Crippen LogP contribution in [0.5, 0.6) is 0 Å². The van der Waals surface area contributed by atoms with E-state index in [2.05, 4.69) is 37.3 Å². The topological polar surface area (TPSA) is 37.4 Å². The van der Waals surface area contributed by atoms with Gasteiger partial charge in [-0.2, -0.15) is 0 Å². The molecule has 3 aromatic carbocycles. The molecule has 7 rings (SSSR count). The molecular formula is C25H19NO2. The van der Waals surface area contributed by atoms with Crippen LogP contribution in [-0.2, 0) is 9.59 Å². The summed E-state index contributed by atoms with van der Waals surface area (Å²) in [5, 5.41) is 0. The van der Waals surface area contributed by atoms with Crippen molar-refractivity contribution in [1.29, 1.82) is 0 Å². The lowest BCUT2D eigenvalue weighted by Gasteiger charge is -2.46. The highest BCUT2D eigenvalue weighted by Gasteiger charge is 2.61. The van der Waals surface area contributed by atoms with Crippen molar-refractivity contribution in [1.82, 2.24) is 0 Å². The van der Waals surface area contributed by atoms with Crippen LogP contribution in [0, 0.1) is 18.8 Å². The summed E-state index contributed by atoms with van der Waals surface area (Å²) in [6, 6.07) is 24.2. The zero-order valence-corrected chi connectivity index (χ0v) is 15.5. The van der Waals surface area contributed by atoms with Crippen LogP contribution in [0.15, 0.2) is 72.8 Å². The number of hydrogen-bond acceptors (Lipinski definition) is 2. The first-order valence-corrected chi connectivity index (χ1v) is 9.79. The molecular weight excluding hydrogens is 346 g/mol. The summed E-state index contributed by atoms with van der Waals surface area (Å²) < 4.78 is 0. The van der Waals surface area contributed by atoms with Crippen molar-refractivity contribution in [3.8, 4) is 0 Å². The summed E-state index contributed by atoms with van der Waals surface area (Å²) in [7, 11) is 0. The molecule has 136 valence electrons. The first-order chi connectivity index (χ1) is 13.7. The molecule has 2 bridgehead atoms. The third kappa shape index (κ3) is 1.84. The van der Waals surface area contributed by atoms with Crippen LogP contribution in [-0.4, -0.2) is 11.8 Å². The van der Waals surface area contributed by atoms with Crippen LogP contribution < -0.4 is 4.90 Å². The van der Waals surface area contributed by atoms with E-state index in [9.17, 15) is 9.59 Å². The van der Waals surface area contributed by atoms with Crippen LogP contribution in [0.3, 0.4) is 0 Å². The molecule has 1 aliphatic heterocycles. The monoisotopic (exact) mass is 365 g/mol. The van der Waals surface area contributed by atoms with E-state index >= 15 is 0 Å². The van der Waals surface area contributed by atoms with Gasteiger partial charge in [0.25, 0.3) is 0 Å². The van der Waals surface area contributed by atoms with Crippen molar-refractivity contribution in [3.05, 3.63) is 101 Å². The second-order valence-electron chi connectivity index (χ2n) is 8.12. The molecule has 3 aromatic rings. The van der Waals surface area contributed by atoms with E-state index < -0.39 is 0 Å². The maximum absolute atomic E-state index is 13.6. The molecule has 1 heterocycles. The van der Waals surface area contributed by atoms with E-state index in [4.69, 9.17) is 0 Å². The summed E-state index contributed by atoms with van der Waals surface area (Å²) in [6.45, 7) is 2.09. The number of carbonyl (C=O) groups is 2. The fraction of sp³-hybridized carbons (Fsp3) is 0.200. The molecule has 0 aromatic heterocycles. The lowest BCUT2D eigenvalue weighted by molar-refractivity contribution is -0.122. The molecule has 3 heteroatoms. The molecule has 4 atom stereocenters. The van der Waals surface area contributed by atoms with E-state index in [1.165, 1.54) is 32.7 Å². The van der Waals surface area contributed by atoms with Gasteiger partial charge in [-0.15, -0.1) is 0 Å². The van der Waals surface area contributed by atoms with Gasteiger partial charge in [0.15, 0.2) is 0 Å². The zero-order valence-electron chi connectivity index (χ0n) is 15.5. The summed E-state index contributed by atoms with van der Waals surface area (Å²) >= 11 is 0. The minimum Gasteiger partial charge on any atom is -0.274 e. The molecule has 0 saturated carbocycles. The third-order valence-corrected chi connectivity index (χ3v) is 6.71. The first kappa shape index (κ1) is 15.8. The number of benzene rings is 3. The first-order valence-electron chi connectivity index (χ1n) is 9.79. The van der Waals surface area contributed by atoms with Crippen molar-refractivity contribution in [2.24, 2.45) is 11.8 Å². The standard InChI is InChI=1S/C25H19NO2/c1-14-11-12-18-19(13-14)21-17-10-6-5-9-16(17)20(18)22-23(21)25(28)26(24(22)27)15-7-3-2-4-8-15/h2-13,20-23H,1H3. The summed E-state index contributed by atoms with van der Waals surface area (Å²) in [6.07, 6.45) is 0. The van der Waals surface area contributed by atoms with Gasteiger partial charge < -0.3 is 0 Å². The van der Waals surface area contributed by atoms with Crippen LogP contribution in [0.1, 0.15) is 39.7 Å². The summed E-state index contributed by atoms with van der Waals surface area (Å²) in [4.78, 5) is 28.5. The van der Waals surface area contributed by atoms with Crippen molar-refractivity contribution >= 4 is 17.5 Å². The Morgan fingerprint density at radius 3 is 1.82 bits per heavy atom. The average molecular weight is 365 g/mol. The van der Waals surface area contributed by atoms with Gasteiger partial charge in [0.1, 0.15) is 0 Å². The molecule has 28 heavy (non-hydrogen) atoms. The van der Waals surface area contributed by atoms with E-state index in [-0.39, 0.29) is 35.5 Å². The van der Waals surface area contributed by atoms with Gasteiger partial charge in [0, 0.05) is 11.8 Å². The number of imide groups is 1. The van der Waals surface area contributed by atoms with Gasteiger partial charge in [0.05, 0.1) is 17.5 Å². The van der Waals surface area contributed by atoms with Gasteiger partial charge >= 0.3 is 0 Å². The highest BCUT2D eigenvalue weighted by Crippen LogP contribution is 2.61. The highest BCUT2D eigenvalue weighted by molar-refractivity contribution is 6.23. The predicted octanol–water partition coefficient (Wildman–Crippen LogP) is 4.39. The predicted molar refractivity (Wildman–Crippen MR) is 107 cm³/mol. The Morgan fingerprint density at radius 2 is 1.18 bits per heavy atom. The second kappa shape index (κ2) is 5.41. The maximum Gasteiger partial charge on any atom is 0.238 e. The smallest absolute Gasteiger partial charge is 0.238 e. The molecule has 2 amide bonds. The molecule has 4 aliphatic rings. The van der Waals surface area contributed by atoms with Gasteiger partial charge in [-0.1, -0.05) is 66.2 Å². The van der Waals surface area contributed by atoms with E-state index in [1.807, 2.05) is 42.5 Å². The number of anilines is 1. The normalized spacial score (nSPS) is 26.8. The minimum absolute atomic E-state index is 0.0491. The Balaban J connectivity index is 1.60. The molecule has 1 fully saturated rings. The van der Waals surface area contributed by atoms with Crippen LogP contribution >= 0.6 is 0 Å². The quantitative estimate of drug-likeness (QED) is 0.600. The van der Waals surface area contributed by atoms with Gasteiger partial charge in [-0.3, -0.25) is 9.59 Å². The van der Waals surface area contributed by atoms with E-state index in [1.54, 1.807) is 0 Å². The van der Waals surface area contributed by atoms with Crippen molar-refractivity contribution < 1.29 is 9.59 Å². The fourth-order valence-corrected chi connectivity index (χ4v) is 5.68. The van der Waals surface area contributed by atoms with Gasteiger partial charge in [0.2, 0.25) is 11.8 Å². The number of nitrogens with zero attached hydrogens (tertiary/aromatic N) is 1. The molecule has 0 spiro atoms. The zero-order chi connectivity index (χ0) is 19.0. The van der Waals surface area contributed by atoms with Crippen molar-refractivity contribution in [3.63, 3.8) is 0 Å². The lowest BCUT2D eigenvalue weighted by atomic mass is 9.55. The van der Waals surface area contributed by atoms with Crippen LogP contribution in [0.25, 0.3) is 0 Å². The number of amides is 2. The Labute approximate surface area is 163 Å². The summed E-state index contributed by atoms with van der Waals surface area (Å²) in [5.74, 6) is -0.849. The lowest BCUT2D eigenvalue weighted by Crippen LogP contribution is -2.41. The molecule has 0 N–H and O–H groups in total. The molecule has 3 nitrogen and oxygen atoms in total. The Hall–Kier alpha value is -3.20. The molecule has 0 radical (unpaired) electrons.